The topological polar surface area (TPSA) is 55.2 Å². The van der Waals surface area contributed by atoms with Crippen LogP contribution in [0, 0.1) is 21.7 Å². The SMILES string of the molecule is CC(CNc1cc(F)cc(F)c1[N+](=O)[O-])c1ccccc1. The summed E-state index contributed by atoms with van der Waals surface area (Å²) in [6.07, 6.45) is 0. The molecule has 0 bridgehead atoms. The van der Waals surface area contributed by atoms with Crippen molar-refractivity contribution in [2.75, 3.05) is 11.9 Å². The maximum Gasteiger partial charge on any atom is 0.327 e. The van der Waals surface area contributed by atoms with E-state index >= 15 is 0 Å². The maximum absolute atomic E-state index is 13.5. The minimum Gasteiger partial charge on any atom is -0.379 e. The number of nitrogens with zero attached hydrogens (tertiary/aromatic N) is 1. The number of nitro benzene ring substituents is 1. The molecule has 4 nitrogen and oxygen atoms in total. The summed E-state index contributed by atoms with van der Waals surface area (Å²) in [6, 6.07) is 10.9. The molecule has 1 atom stereocenters. The molecule has 6 heteroatoms. The second-order valence-corrected chi connectivity index (χ2v) is 4.73. The highest BCUT2D eigenvalue weighted by molar-refractivity contribution is 5.62. The summed E-state index contributed by atoms with van der Waals surface area (Å²) in [7, 11) is 0. The molecule has 0 fully saturated rings. The second kappa shape index (κ2) is 6.30. The van der Waals surface area contributed by atoms with Crippen molar-refractivity contribution in [1.82, 2.24) is 0 Å². The lowest BCUT2D eigenvalue weighted by Crippen LogP contribution is -2.12. The predicted octanol–water partition coefficient (Wildman–Crippen LogP) is 4.09. The first-order valence-electron chi connectivity index (χ1n) is 6.41. The van der Waals surface area contributed by atoms with Gasteiger partial charge in [-0.3, -0.25) is 10.1 Å². The van der Waals surface area contributed by atoms with Crippen LogP contribution in [-0.2, 0) is 0 Å². The zero-order chi connectivity index (χ0) is 15.4. The van der Waals surface area contributed by atoms with Gasteiger partial charge in [-0.1, -0.05) is 37.3 Å². The molecule has 0 aliphatic carbocycles. The molecular weight excluding hydrogens is 278 g/mol. The van der Waals surface area contributed by atoms with E-state index in [9.17, 15) is 18.9 Å². The number of nitrogens with one attached hydrogen (secondary N) is 1. The molecule has 2 aromatic carbocycles. The predicted molar refractivity (Wildman–Crippen MR) is 76.4 cm³/mol. The zero-order valence-electron chi connectivity index (χ0n) is 11.3. The van der Waals surface area contributed by atoms with Gasteiger partial charge in [0.15, 0.2) is 0 Å². The molecule has 0 amide bonds. The summed E-state index contributed by atoms with van der Waals surface area (Å²) in [4.78, 5) is 10.0. The van der Waals surface area contributed by atoms with Gasteiger partial charge in [0.1, 0.15) is 11.5 Å². The van der Waals surface area contributed by atoms with Crippen molar-refractivity contribution in [2.24, 2.45) is 0 Å². The van der Waals surface area contributed by atoms with E-state index in [1.807, 2.05) is 37.3 Å². The van der Waals surface area contributed by atoms with Crippen molar-refractivity contribution < 1.29 is 13.7 Å². The number of benzene rings is 2. The maximum atomic E-state index is 13.5. The Morgan fingerprint density at radius 3 is 2.52 bits per heavy atom. The molecule has 0 radical (unpaired) electrons. The van der Waals surface area contributed by atoms with Gasteiger partial charge in [0.05, 0.1) is 4.92 Å². The average molecular weight is 292 g/mol. The smallest absolute Gasteiger partial charge is 0.327 e. The van der Waals surface area contributed by atoms with Crippen LogP contribution >= 0.6 is 0 Å². The Kier molecular flexibility index (Phi) is 4.47. The number of halogens is 2. The van der Waals surface area contributed by atoms with E-state index in [-0.39, 0.29) is 11.6 Å². The van der Waals surface area contributed by atoms with E-state index < -0.39 is 22.2 Å². The molecule has 2 aromatic rings. The third-order valence-corrected chi connectivity index (χ3v) is 3.18. The first kappa shape index (κ1) is 14.9. The van der Waals surface area contributed by atoms with Crippen LogP contribution in [0.5, 0.6) is 0 Å². The van der Waals surface area contributed by atoms with E-state index in [0.717, 1.165) is 11.6 Å². The number of hydrogen-bond donors (Lipinski definition) is 1. The van der Waals surface area contributed by atoms with Gasteiger partial charge in [-0.2, -0.15) is 4.39 Å². The Balaban J connectivity index is 2.18. The summed E-state index contributed by atoms with van der Waals surface area (Å²) >= 11 is 0. The van der Waals surface area contributed by atoms with Gasteiger partial charge in [-0.15, -0.1) is 0 Å². The molecule has 1 unspecified atom stereocenters. The minimum absolute atomic E-state index is 0.0390. The van der Waals surface area contributed by atoms with E-state index in [1.54, 1.807) is 0 Å². The lowest BCUT2D eigenvalue weighted by atomic mass is 10.0. The van der Waals surface area contributed by atoms with Crippen LogP contribution < -0.4 is 5.32 Å². The molecule has 21 heavy (non-hydrogen) atoms. The lowest BCUT2D eigenvalue weighted by molar-refractivity contribution is -0.386. The number of rotatable bonds is 5. The average Bonchev–Trinajstić information content (AvgIpc) is 2.44. The summed E-state index contributed by atoms with van der Waals surface area (Å²) in [5, 5.41) is 13.6. The second-order valence-electron chi connectivity index (χ2n) is 4.73. The van der Waals surface area contributed by atoms with Gasteiger partial charge in [0.25, 0.3) is 0 Å². The monoisotopic (exact) mass is 292 g/mol. The number of anilines is 1. The molecule has 0 spiro atoms. The summed E-state index contributed by atoms with van der Waals surface area (Å²) in [6.45, 7) is 2.25. The molecule has 0 aliphatic rings. The standard InChI is InChI=1S/C15H14F2N2O2/c1-10(11-5-3-2-4-6-11)9-18-14-8-12(16)7-13(17)15(14)19(20)21/h2-8,10,18H,9H2,1H3. The van der Waals surface area contributed by atoms with Crippen molar-refractivity contribution in [2.45, 2.75) is 12.8 Å². The first-order valence-corrected chi connectivity index (χ1v) is 6.41. The van der Waals surface area contributed by atoms with E-state index in [0.29, 0.717) is 12.6 Å². The van der Waals surface area contributed by atoms with Crippen LogP contribution in [0.3, 0.4) is 0 Å². The third-order valence-electron chi connectivity index (χ3n) is 3.18. The largest absolute Gasteiger partial charge is 0.379 e. The molecule has 0 saturated carbocycles. The van der Waals surface area contributed by atoms with Crippen molar-refractivity contribution in [3.63, 3.8) is 0 Å². The minimum atomic E-state index is -1.19. The Labute approximate surface area is 120 Å². The molecule has 0 aromatic heterocycles. The summed E-state index contributed by atoms with van der Waals surface area (Å²) < 4.78 is 26.7. The molecule has 0 heterocycles. The Hall–Kier alpha value is -2.50. The highest BCUT2D eigenvalue weighted by atomic mass is 19.1. The van der Waals surface area contributed by atoms with E-state index in [2.05, 4.69) is 5.32 Å². The Morgan fingerprint density at radius 2 is 1.90 bits per heavy atom. The fourth-order valence-corrected chi connectivity index (χ4v) is 2.05. The quantitative estimate of drug-likeness (QED) is 0.667. The normalized spacial score (nSPS) is 12.0. The fraction of sp³-hybridized carbons (Fsp3) is 0.200. The van der Waals surface area contributed by atoms with Crippen LogP contribution in [-0.4, -0.2) is 11.5 Å². The van der Waals surface area contributed by atoms with E-state index in [1.165, 1.54) is 0 Å². The molecule has 0 aliphatic heterocycles. The lowest BCUT2D eigenvalue weighted by Gasteiger charge is -2.14. The first-order chi connectivity index (χ1) is 9.99. The number of hydrogen-bond acceptors (Lipinski definition) is 3. The molecular formula is C15H14F2N2O2. The van der Waals surface area contributed by atoms with Crippen LogP contribution in [0.25, 0.3) is 0 Å². The van der Waals surface area contributed by atoms with Crippen LogP contribution in [0.1, 0.15) is 18.4 Å². The Morgan fingerprint density at radius 1 is 1.24 bits per heavy atom. The van der Waals surface area contributed by atoms with Crippen molar-refractivity contribution >= 4 is 11.4 Å². The fourth-order valence-electron chi connectivity index (χ4n) is 2.05. The third kappa shape index (κ3) is 3.53. The molecule has 110 valence electrons. The van der Waals surface area contributed by atoms with Crippen molar-refractivity contribution in [3.8, 4) is 0 Å². The van der Waals surface area contributed by atoms with Gasteiger partial charge in [0.2, 0.25) is 5.82 Å². The van der Waals surface area contributed by atoms with Crippen LogP contribution in [0.2, 0.25) is 0 Å². The van der Waals surface area contributed by atoms with Crippen LogP contribution in [0.4, 0.5) is 20.2 Å². The molecule has 1 N–H and O–H groups in total. The van der Waals surface area contributed by atoms with Crippen molar-refractivity contribution in [1.29, 1.82) is 0 Å². The van der Waals surface area contributed by atoms with Crippen LogP contribution in [0.15, 0.2) is 42.5 Å². The van der Waals surface area contributed by atoms with Gasteiger partial charge >= 0.3 is 5.69 Å². The highest BCUT2D eigenvalue weighted by Gasteiger charge is 2.22. The highest BCUT2D eigenvalue weighted by Crippen LogP contribution is 2.29. The van der Waals surface area contributed by atoms with Crippen molar-refractivity contribution in [3.05, 3.63) is 69.8 Å². The molecule has 0 saturated heterocycles. The number of nitro groups is 1. The van der Waals surface area contributed by atoms with Gasteiger partial charge in [0, 0.05) is 18.7 Å². The zero-order valence-corrected chi connectivity index (χ0v) is 11.3. The Bertz CT molecular complexity index is 648. The molecule has 2 rings (SSSR count). The van der Waals surface area contributed by atoms with Gasteiger partial charge in [-0.25, -0.2) is 4.39 Å². The van der Waals surface area contributed by atoms with E-state index in [4.69, 9.17) is 0 Å². The van der Waals surface area contributed by atoms with Gasteiger partial charge < -0.3 is 5.32 Å². The van der Waals surface area contributed by atoms with Gasteiger partial charge in [-0.05, 0) is 11.5 Å². The summed E-state index contributed by atoms with van der Waals surface area (Å²) in [5.41, 5.74) is 0.140. The summed E-state index contributed by atoms with van der Waals surface area (Å²) in [5.74, 6) is -2.00.